The fraction of sp³-hybridized carbons (Fsp3) is 0.250. The number of hydrogen-bond acceptors (Lipinski definition) is 2. The molecule has 0 aromatic carbocycles. The van der Waals surface area contributed by atoms with Crippen molar-refractivity contribution in [1.82, 2.24) is 0 Å². The van der Waals surface area contributed by atoms with Crippen LogP contribution in [0.15, 0.2) is 11.7 Å². The Labute approximate surface area is 58.1 Å². The molecule has 8 heavy (non-hydrogen) atoms. The second kappa shape index (κ2) is 3.83. The third-order valence-corrected chi connectivity index (χ3v) is 1.57. The number of hydrogen-bond donors (Lipinski definition) is 1. The van der Waals surface area contributed by atoms with Crippen LogP contribution in [0.3, 0.4) is 0 Å². The summed E-state index contributed by atoms with van der Waals surface area (Å²) in [4.78, 5) is 4.11. The molecule has 1 heterocycles. The van der Waals surface area contributed by atoms with Gasteiger partial charge >= 0.3 is 0 Å². The molecule has 0 fully saturated rings. The van der Waals surface area contributed by atoms with E-state index in [1.54, 1.807) is 11.3 Å². The van der Waals surface area contributed by atoms with Crippen LogP contribution in [0.4, 0.5) is 0 Å². The number of thiazole rings is 1. The van der Waals surface area contributed by atoms with Gasteiger partial charge in [-0.3, -0.25) is 0 Å². The van der Waals surface area contributed by atoms with E-state index in [2.05, 4.69) is 4.98 Å². The Morgan fingerprint density at radius 1 is 1.75 bits per heavy atom. The van der Waals surface area contributed by atoms with Gasteiger partial charge < -0.3 is 18.1 Å². The Kier molecular flexibility index (Phi) is 3.77. The largest absolute Gasteiger partial charge is 1.00 e. The summed E-state index contributed by atoms with van der Waals surface area (Å²) < 4.78 is 0. The van der Waals surface area contributed by atoms with Gasteiger partial charge in [-0.2, -0.15) is 0 Å². The zero-order valence-corrected chi connectivity index (χ0v) is 5.80. The summed E-state index contributed by atoms with van der Waals surface area (Å²) in [5.41, 5.74) is 7.19. The predicted molar refractivity (Wildman–Crippen MR) is 28.8 cm³/mol. The second-order valence-electron chi connectivity index (χ2n) is 1.22. The summed E-state index contributed by atoms with van der Waals surface area (Å²) in [6.45, 7) is 0.647. The molecular weight excluding hydrogens is 144 g/mol. The third kappa shape index (κ3) is 1.78. The average molecular weight is 151 g/mol. The molecule has 0 aliphatic rings. The number of rotatable bonds is 1. The maximum absolute atomic E-state index is 5.28. The summed E-state index contributed by atoms with van der Waals surface area (Å²) >= 11 is 1.64. The summed E-state index contributed by atoms with van der Waals surface area (Å²) in [5.74, 6) is 0. The highest BCUT2D eigenvalue weighted by molar-refractivity contribution is 7.09. The zero-order chi connectivity index (χ0) is 5.11. The molecule has 0 bridgehead atoms. The van der Waals surface area contributed by atoms with Crippen molar-refractivity contribution in [2.24, 2.45) is 5.73 Å². The predicted octanol–water partition coefficient (Wildman–Crippen LogP) is -2.98. The van der Waals surface area contributed by atoms with E-state index >= 15 is 0 Å². The Balaban J connectivity index is 0.000000490. The Bertz CT molecular complexity index is 129. The summed E-state index contributed by atoms with van der Waals surface area (Å²) in [6.07, 6.45) is 1.91. The molecule has 0 spiro atoms. The van der Waals surface area contributed by atoms with E-state index in [-0.39, 0.29) is 12.4 Å². The maximum Gasteiger partial charge on any atom is 0.223 e. The van der Waals surface area contributed by atoms with Gasteiger partial charge in [0, 0.05) is 6.54 Å². The van der Waals surface area contributed by atoms with E-state index < -0.39 is 0 Å². The molecule has 2 nitrogen and oxygen atoms in total. The summed E-state index contributed by atoms with van der Waals surface area (Å²) in [7, 11) is 0. The number of nitrogens with one attached hydrogen (secondary N) is 1. The van der Waals surface area contributed by atoms with Gasteiger partial charge in [0.05, 0.1) is 4.88 Å². The first-order valence-electron chi connectivity index (χ1n) is 2.07. The molecule has 1 aromatic rings. The monoisotopic (exact) mass is 150 g/mol. The van der Waals surface area contributed by atoms with Gasteiger partial charge in [0.2, 0.25) is 5.51 Å². The first-order valence-corrected chi connectivity index (χ1v) is 2.95. The van der Waals surface area contributed by atoms with Crippen molar-refractivity contribution in [3.63, 3.8) is 0 Å². The number of halogens is 1. The Hall–Kier alpha value is -0.120. The molecule has 0 atom stereocenters. The SMILES string of the molecule is NCc1c[nH+]cs1.[Cl-]. The fourth-order valence-electron chi connectivity index (χ4n) is 0.378. The van der Waals surface area contributed by atoms with Crippen LogP contribution in [0.25, 0.3) is 0 Å². The molecule has 0 saturated heterocycles. The Morgan fingerprint density at radius 3 is 2.75 bits per heavy atom. The number of aromatic amines is 1. The molecule has 0 saturated carbocycles. The number of nitrogens with two attached hydrogens (primary N) is 1. The van der Waals surface area contributed by atoms with E-state index in [1.807, 2.05) is 11.7 Å². The summed E-state index contributed by atoms with van der Waals surface area (Å²) in [6, 6.07) is 0. The van der Waals surface area contributed by atoms with Crippen molar-refractivity contribution >= 4 is 11.3 Å². The van der Waals surface area contributed by atoms with Gasteiger partial charge in [-0.05, 0) is 0 Å². The maximum atomic E-state index is 5.28. The molecular formula is C4H7ClN2S. The van der Waals surface area contributed by atoms with Crippen LogP contribution in [0.2, 0.25) is 0 Å². The van der Waals surface area contributed by atoms with Crippen LogP contribution in [0.5, 0.6) is 0 Å². The highest BCUT2D eigenvalue weighted by atomic mass is 35.5. The van der Waals surface area contributed by atoms with E-state index in [4.69, 9.17) is 5.73 Å². The molecule has 1 aromatic heterocycles. The minimum absolute atomic E-state index is 0. The van der Waals surface area contributed by atoms with E-state index in [0.717, 1.165) is 0 Å². The lowest BCUT2D eigenvalue weighted by Gasteiger charge is -1.73. The van der Waals surface area contributed by atoms with Crippen molar-refractivity contribution < 1.29 is 17.4 Å². The molecule has 0 radical (unpaired) electrons. The molecule has 3 N–H and O–H groups in total. The lowest BCUT2D eigenvalue weighted by molar-refractivity contribution is -0.371. The third-order valence-electron chi connectivity index (χ3n) is 0.724. The topological polar surface area (TPSA) is 40.2 Å². The van der Waals surface area contributed by atoms with Crippen molar-refractivity contribution in [3.8, 4) is 0 Å². The lowest BCUT2D eigenvalue weighted by Crippen LogP contribution is -3.00. The zero-order valence-electron chi connectivity index (χ0n) is 4.23. The van der Waals surface area contributed by atoms with Gasteiger partial charge in [-0.1, -0.05) is 11.3 Å². The standard InChI is InChI=1S/C4H6N2S.ClH/c5-1-4-2-6-3-7-4;/h2-3H,1,5H2;1H. The van der Waals surface area contributed by atoms with E-state index in [9.17, 15) is 0 Å². The molecule has 0 unspecified atom stereocenters. The van der Waals surface area contributed by atoms with Gasteiger partial charge in [0.1, 0.15) is 0 Å². The second-order valence-corrected chi connectivity index (χ2v) is 2.21. The minimum Gasteiger partial charge on any atom is -1.00 e. The van der Waals surface area contributed by atoms with Crippen LogP contribution < -0.4 is 23.1 Å². The summed E-state index contributed by atoms with van der Waals surface area (Å²) in [5, 5.41) is 0. The van der Waals surface area contributed by atoms with Crippen LogP contribution in [0, 0.1) is 0 Å². The number of aromatic nitrogens is 1. The van der Waals surface area contributed by atoms with Crippen molar-refractivity contribution in [2.75, 3.05) is 0 Å². The van der Waals surface area contributed by atoms with Crippen molar-refractivity contribution in [1.29, 1.82) is 0 Å². The first-order chi connectivity index (χ1) is 3.43. The quantitative estimate of drug-likeness (QED) is 0.456. The van der Waals surface area contributed by atoms with Crippen LogP contribution in [-0.4, -0.2) is 0 Å². The van der Waals surface area contributed by atoms with Gasteiger partial charge in [-0.15, -0.1) is 0 Å². The van der Waals surface area contributed by atoms with Crippen LogP contribution >= 0.6 is 11.3 Å². The average Bonchev–Trinajstić information content (AvgIpc) is 2.14. The molecule has 0 aliphatic heterocycles. The minimum atomic E-state index is 0. The molecule has 1 rings (SSSR count). The molecule has 0 aliphatic carbocycles. The van der Waals surface area contributed by atoms with Crippen LogP contribution in [0.1, 0.15) is 4.88 Å². The van der Waals surface area contributed by atoms with E-state index in [0.29, 0.717) is 6.54 Å². The highest BCUT2D eigenvalue weighted by Crippen LogP contribution is 1.98. The number of H-pyrrole nitrogens is 1. The van der Waals surface area contributed by atoms with Gasteiger partial charge in [0.15, 0.2) is 6.20 Å². The Morgan fingerprint density at radius 2 is 2.50 bits per heavy atom. The smallest absolute Gasteiger partial charge is 0.223 e. The molecule has 4 heteroatoms. The van der Waals surface area contributed by atoms with Gasteiger partial charge in [-0.25, -0.2) is 4.98 Å². The molecule has 0 amide bonds. The lowest BCUT2D eigenvalue weighted by atomic mass is 10.6. The highest BCUT2D eigenvalue weighted by Gasteiger charge is 1.90. The van der Waals surface area contributed by atoms with Crippen molar-refractivity contribution in [3.05, 3.63) is 16.6 Å². The normalized spacial score (nSPS) is 8.12. The fourth-order valence-corrected chi connectivity index (χ4v) is 0.897. The van der Waals surface area contributed by atoms with Crippen molar-refractivity contribution in [2.45, 2.75) is 6.54 Å². The van der Waals surface area contributed by atoms with Gasteiger partial charge in [0.25, 0.3) is 0 Å². The van der Waals surface area contributed by atoms with E-state index in [1.165, 1.54) is 4.88 Å². The molecule has 46 valence electrons. The van der Waals surface area contributed by atoms with Crippen LogP contribution in [-0.2, 0) is 6.54 Å². The first kappa shape index (κ1) is 7.88.